The van der Waals surface area contributed by atoms with Crippen LogP contribution in [0.1, 0.15) is 39.5 Å². The van der Waals surface area contributed by atoms with Gasteiger partial charge in [0.2, 0.25) is 0 Å². The highest BCUT2D eigenvalue weighted by Crippen LogP contribution is 2.31. The molecule has 2 heteroatoms. The molecule has 1 spiro atoms. The molecule has 0 aromatic rings. The second-order valence-corrected chi connectivity index (χ2v) is 5.11. The smallest absolute Gasteiger partial charge is 0.0309 e. The molecule has 0 bridgehead atoms. The summed E-state index contributed by atoms with van der Waals surface area (Å²) in [5.74, 6) is 0.755. The Hall–Kier alpha value is -0.0800. The van der Waals surface area contributed by atoms with Crippen LogP contribution in [0.5, 0.6) is 0 Å². The maximum absolute atomic E-state index is 3.87. The van der Waals surface area contributed by atoms with Gasteiger partial charge in [0, 0.05) is 24.7 Å². The zero-order chi connectivity index (χ0) is 9.31. The predicted molar refractivity (Wildman–Crippen MR) is 55.8 cm³/mol. The summed E-state index contributed by atoms with van der Waals surface area (Å²) >= 11 is 0. The summed E-state index contributed by atoms with van der Waals surface area (Å²) in [4.78, 5) is 0. The predicted octanol–water partition coefficient (Wildman–Crippen LogP) is 1.52. The Labute approximate surface area is 81.5 Å². The van der Waals surface area contributed by atoms with Gasteiger partial charge in [-0.25, -0.2) is 0 Å². The molecular formula is C11H22N2. The highest BCUT2D eigenvalue weighted by atomic mass is 15.1. The van der Waals surface area contributed by atoms with Gasteiger partial charge in [0.05, 0.1) is 0 Å². The van der Waals surface area contributed by atoms with Crippen molar-refractivity contribution < 1.29 is 0 Å². The summed E-state index contributed by atoms with van der Waals surface area (Å²) < 4.78 is 0. The summed E-state index contributed by atoms with van der Waals surface area (Å²) in [5.41, 5.74) is 0.465. The number of hydrogen-bond acceptors (Lipinski definition) is 2. The van der Waals surface area contributed by atoms with Gasteiger partial charge in [-0.1, -0.05) is 26.7 Å². The van der Waals surface area contributed by atoms with Gasteiger partial charge in [-0.15, -0.1) is 0 Å². The summed E-state index contributed by atoms with van der Waals surface area (Å²) in [6.07, 6.45) is 5.59. The van der Waals surface area contributed by atoms with Gasteiger partial charge in [-0.3, -0.25) is 0 Å². The molecule has 0 amide bonds. The topological polar surface area (TPSA) is 24.1 Å². The van der Waals surface area contributed by atoms with Crippen molar-refractivity contribution in [1.82, 2.24) is 10.6 Å². The fourth-order valence-corrected chi connectivity index (χ4v) is 2.74. The zero-order valence-electron chi connectivity index (χ0n) is 8.90. The molecule has 1 saturated heterocycles. The van der Waals surface area contributed by atoms with Crippen molar-refractivity contribution in [1.29, 1.82) is 0 Å². The van der Waals surface area contributed by atoms with Crippen LogP contribution in [0.2, 0.25) is 0 Å². The molecule has 13 heavy (non-hydrogen) atoms. The summed E-state index contributed by atoms with van der Waals surface area (Å²) in [7, 11) is 0. The molecule has 0 aromatic heterocycles. The SMILES string of the molecule is CC(C)[C@H]1CNCC2(CCCC2)N1. The van der Waals surface area contributed by atoms with E-state index in [9.17, 15) is 0 Å². The second-order valence-electron chi connectivity index (χ2n) is 5.11. The highest BCUT2D eigenvalue weighted by molar-refractivity contribution is 5.00. The molecular weight excluding hydrogens is 160 g/mol. The van der Waals surface area contributed by atoms with E-state index < -0.39 is 0 Å². The first-order chi connectivity index (χ1) is 6.22. The molecule has 1 aliphatic heterocycles. The number of rotatable bonds is 1. The lowest BCUT2D eigenvalue weighted by Crippen LogP contribution is -2.63. The van der Waals surface area contributed by atoms with Crippen LogP contribution in [0.15, 0.2) is 0 Å². The third-order valence-electron chi connectivity index (χ3n) is 3.68. The molecule has 0 unspecified atom stereocenters. The van der Waals surface area contributed by atoms with Crippen molar-refractivity contribution in [2.45, 2.75) is 51.1 Å². The van der Waals surface area contributed by atoms with Gasteiger partial charge in [-0.2, -0.15) is 0 Å². The first kappa shape index (κ1) is 9.47. The second kappa shape index (κ2) is 3.58. The Morgan fingerprint density at radius 1 is 1.23 bits per heavy atom. The molecule has 2 rings (SSSR count). The summed E-state index contributed by atoms with van der Waals surface area (Å²) in [5, 5.41) is 7.45. The van der Waals surface area contributed by atoms with Crippen LogP contribution in [0.25, 0.3) is 0 Å². The highest BCUT2D eigenvalue weighted by Gasteiger charge is 2.38. The van der Waals surface area contributed by atoms with Gasteiger partial charge < -0.3 is 10.6 Å². The molecule has 1 atom stereocenters. The molecule has 2 N–H and O–H groups in total. The van der Waals surface area contributed by atoms with Crippen molar-refractivity contribution in [3.63, 3.8) is 0 Å². The summed E-state index contributed by atoms with van der Waals surface area (Å²) in [6, 6.07) is 0.687. The Balaban J connectivity index is 1.98. The molecule has 1 saturated carbocycles. The van der Waals surface area contributed by atoms with Crippen LogP contribution in [-0.2, 0) is 0 Å². The minimum atomic E-state index is 0.465. The average Bonchev–Trinajstić information content (AvgIpc) is 2.53. The molecule has 1 heterocycles. The third kappa shape index (κ3) is 1.89. The van der Waals surface area contributed by atoms with Crippen LogP contribution in [0.3, 0.4) is 0 Å². The van der Waals surface area contributed by atoms with Crippen LogP contribution >= 0.6 is 0 Å². The fourth-order valence-electron chi connectivity index (χ4n) is 2.74. The van der Waals surface area contributed by atoms with E-state index in [-0.39, 0.29) is 0 Å². The van der Waals surface area contributed by atoms with E-state index in [2.05, 4.69) is 24.5 Å². The van der Waals surface area contributed by atoms with Crippen molar-refractivity contribution >= 4 is 0 Å². The Kier molecular flexibility index (Phi) is 2.61. The van der Waals surface area contributed by atoms with Crippen LogP contribution in [0, 0.1) is 5.92 Å². The van der Waals surface area contributed by atoms with E-state index in [1.54, 1.807) is 0 Å². The standard InChI is InChI=1S/C11H22N2/c1-9(2)10-7-12-8-11(13-10)5-3-4-6-11/h9-10,12-13H,3-8H2,1-2H3/t10-/m1/s1. The van der Waals surface area contributed by atoms with Crippen LogP contribution in [0.4, 0.5) is 0 Å². The molecule has 0 aromatic carbocycles. The molecule has 0 radical (unpaired) electrons. The molecule has 2 aliphatic rings. The van der Waals surface area contributed by atoms with Gasteiger partial charge >= 0.3 is 0 Å². The van der Waals surface area contributed by atoms with E-state index >= 15 is 0 Å². The van der Waals surface area contributed by atoms with Crippen LogP contribution < -0.4 is 10.6 Å². The van der Waals surface area contributed by atoms with E-state index in [1.165, 1.54) is 32.2 Å². The Bertz CT molecular complexity index is 171. The lowest BCUT2D eigenvalue weighted by molar-refractivity contribution is 0.197. The van der Waals surface area contributed by atoms with Crippen LogP contribution in [-0.4, -0.2) is 24.7 Å². The van der Waals surface area contributed by atoms with E-state index in [1.807, 2.05) is 0 Å². The van der Waals surface area contributed by atoms with Gasteiger partial charge in [-0.05, 0) is 18.8 Å². The van der Waals surface area contributed by atoms with Gasteiger partial charge in [0.15, 0.2) is 0 Å². The van der Waals surface area contributed by atoms with Crippen molar-refractivity contribution in [3.8, 4) is 0 Å². The average molecular weight is 182 g/mol. The van der Waals surface area contributed by atoms with Crippen molar-refractivity contribution in [2.24, 2.45) is 5.92 Å². The lowest BCUT2D eigenvalue weighted by Gasteiger charge is -2.42. The maximum atomic E-state index is 3.87. The first-order valence-corrected chi connectivity index (χ1v) is 5.70. The lowest BCUT2D eigenvalue weighted by atomic mass is 9.90. The minimum Gasteiger partial charge on any atom is -0.313 e. The molecule has 2 nitrogen and oxygen atoms in total. The van der Waals surface area contributed by atoms with Gasteiger partial charge in [0.25, 0.3) is 0 Å². The van der Waals surface area contributed by atoms with E-state index in [4.69, 9.17) is 0 Å². The number of nitrogens with one attached hydrogen (secondary N) is 2. The van der Waals surface area contributed by atoms with E-state index in [0.717, 1.165) is 12.5 Å². The largest absolute Gasteiger partial charge is 0.313 e. The maximum Gasteiger partial charge on any atom is 0.0309 e. The zero-order valence-corrected chi connectivity index (χ0v) is 8.90. The third-order valence-corrected chi connectivity index (χ3v) is 3.68. The minimum absolute atomic E-state index is 0.465. The normalized spacial score (nSPS) is 33.0. The monoisotopic (exact) mass is 182 g/mol. The quantitative estimate of drug-likeness (QED) is 0.642. The number of hydrogen-bond donors (Lipinski definition) is 2. The van der Waals surface area contributed by atoms with Crippen molar-refractivity contribution in [3.05, 3.63) is 0 Å². The number of piperazine rings is 1. The van der Waals surface area contributed by atoms with Crippen molar-refractivity contribution in [2.75, 3.05) is 13.1 Å². The molecule has 2 fully saturated rings. The Morgan fingerprint density at radius 2 is 1.92 bits per heavy atom. The molecule has 1 aliphatic carbocycles. The van der Waals surface area contributed by atoms with E-state index in [0.29, 0.717) is 11.6 Å². The molecule has 76 valence electrons. The Morgan fingerprint density at radius 3 is 2.54 bits per heavy atom. The summed E-state index contributed by atoms with van der Waals surface area (Å²) in [6.45, 7) is 6.97. The van der Waals surface area contributed by atoms with Gasteiger partial charge in [0.1, 0.15) is 0 Å². The fraction of sp³-hybridized carbons (Fsp3) is 1.00. The first-order valence-electron chi connectivity index (χ1n) is 5.70.